The molecule has 0 aliphatic carbocycles. The lowest BCUT2D eigenvalue weighted by molar-refractivity contribution is 0.0526. The molecule has 78 valence electrons. The molecule has 0 saturated carbocycles. The number of rotatable bonds is 3. The molecule has 4 heteroatoms. The van der Waals surface area contributed by atoms with Crippen LogP contribution in [0, 0.1) is 11.3 Å². The summed E-state index contributed by atoms with van der Waals surface area (Å²) in [5.74, 6) is -0.392. The van der Waals surface area contributed by atoms with Gasteiger partial charge in [0.05, 0.1) is 23.8 Å². The number of nitriles is 1. The van der Waals surface area contributed by atoms with Crippen LogP contribution in [0.3, 0.4) is 0 Å². The minimum Gasteiger partial charge on any atom is -0.462 e. The lowest BCUT2D eigenvalue weighted by Gasteiger charge is -2.04. The zero-order valence-electron chi connectivity index (χ0n) is 8.29. The molecule has 0 fully saturated rings. The van der Waals surface area contributed by atoms with Crippen molar-refractivity contribution < 1.29 is 9.53 Å². The Bertz CT molecular complexity index is 410. The number of carbonyl (C=O) groups excluding carboxylic acids is 1. The Morgan fingerprint density at radius 3 is 2.80 bits per heavy atom. The second-order valence-electron chi connectivity index (χ2n) is 2.88. The summed E-state index contributed by atoms with van der Waals surface area (Å²) in [5, 5.41) is 9.38. The van der Waals surface area contributed by atoms with Gasteiger partial charge in [-0.05, 0) is 30.7 Å². The fourth-order valence-corrected chi connectivity index (χ4v) is 1.49. The van der Waals surface area contributed by atoms with Crippen molar-refractivity contribution in [3.05, 3.63) is 34.9 Å². The van der Waals surface area contributed by atoms with Crippen molar-refractivity contribution in [2.75, 3.05) is 6.61 Å². The zero-order chi connectivity index (χ0) is 11.3. The van der Waals surface area contributed by atoms with Gasteiger partial charge in [0.15, 0.2) is 0 Å². The van der Waals surface area contributed by atoms with Gasteiger partial charge in [-0.25, -0.2) is 4.79 Å². The average molecular weight is 268 g/mol. The molecule has 0 aliphatic heterocycles. The predicted molar refractivity (Wildman–Crippen MR) is 59.7 cm³/mol. The van der Waals surface area contributed by atoms with Crippen LogP contribution in [0.5, 0.6) is 0 Å². The SMILES string of the molecule is CCOC(=O)c1cc(C#N)cc(CBr)c1. The van der Waals surface area contributed by atoms with Crippen LogP contribution in [0.4, 0.5) is 0 Å². The van der Waals surface area contributed by atoms with Crippen LogP contribution in [0.25, 0.3) is 0 Å². The first-order chi connectivity index (χ1) is 7.21. The molecule has 0 aromatic heterocycles. The Labute approximate surface area is 96.8 Å². The summed E-state index contributed by atoms with van der Waals surface area (Å²) in [7, 11) is 0. The molecule has 0 amide bonds. The molecule has 0 unspecified atom stereocenters. The number of esters is 1. The normalized spacial score (nSPS) is 9.40. The van der Waals surface area contributed by atoms with Gasteiger partial charge >= 0.3 is 5.97 Å². The maximum atomic E-state index is 11.4. The molecule has 0 heterocycles. The summed E-state index contributed by atoms with van der Waals surface area (Å²) >= 11 is 3.28. The summed E-state index contributed by atoms with van der Waals surface area (Å²) in [4.78, 5) is 11.4. The standard InChI is InChI=1S/C11H10BrNO2/c1-2-15-11(14)10-4-8(6-12)3-9(5-10)7-13/h3-5H,2,6H2,1H3. The summed E-state index contributed by atoms with van der Waals surface area (Å²) in [6.07, 6.45) is 0. The maximum Gasteiger partial charge on any atom is 0.338 e. The van der Waals surface area contributed by atoms with Gasteiger partial charge in [-0.3, -0.25) is 0 Å². The molecule has 1 aromatic rings. The zero-order valence-corrected chi connectivity index (χ0v) is 9.87. The van der Waals surface area contributed by atoms with E-state index in [1.54, 1.807) is 19.1 Å². The van der Waals surface area contributed by atoms with E-state index in [-0.39, 0.29) is 0 Å². The van der Waals surface area contributed by atoms with Crippen LogP contribution in [-0.4, -0.2) is 12.6 Å². The highest BCUT2D eigenvalue weighted by Crippen LogP contribution is 2.13. The van der Waals surface area contributed by atoms with E-state index < -0.39 is 5.97 Å². The number of hydrogen-bond acceptors (Lipinski definition) is 3. The molecule has 0 atom stereocenters. The molecule has 0 bridgehead atoms. The lowest BCUT2D eigenvalue weighted by Crippen LogP contribution is -2.05. The van der Waals surface area contributed by atoms with Crippen LogP contribution in [0.2, 0.25) is 0 Å². The minimum absolute atomic E-state index is 0.333. The van der Waals surface area contributed by atoms with Crippen LogP contribution >= 0.6 is 15.9 Å². The summed E-state index contributed by atoms with van der Waals surface area (Å²) < 4.78 is 4.86. The van der Waals surface area contributed by atoms with E-state index in [1.807, 2.05) is 6.07 Å². The Morgan fingerprint density at radius 1 is 1.53 bits per heavy atom. The molecule has 1 rings (SSSR count). The predicted octanol–water partition coefficient (Wildman–Crippen LogP) is 2.63. The summed E-state index contributed by atoms with van der Waals surface area (Å²) in [6.45, 7) is 2.08. The third-order valence-corrected chi connectivity index (χ3v) is 2.43. The van der Waals surface area contributed by atoms with Crippen LogP contribution < -0.4 is 0 Å². The molecule has 3 nitrogen and oxygen atoms in total. The van der Waals surface area contributed by atoms with Crippen LogP contribution in [0.15, 0.2) is 18.2 Å². The first-order valence-corrected chi connectivity index (χ1v) is 5.60. The Hall–Kier alpha value is -1.34. The van der Waals surface area contributed by atoms with E-state index in [0.29, 0.717) is 23.1 Å². The Balaban J connectivity index is 3.08. The molecule has 0 aliphatic rings. The maximum absolute atomic E-state index is 11.4. The van der Waals surface area contributed by atoms with E-state index in [1.165, 1.54) is 6.07 Å². The average Bonchev–Trinajstić information content (AvgIpc) is 2.28. The molecule has 15 heavy (non-hydrogen) atoms. The van der Waals surface area contributed by atoms with Gasteiger partial charge in [0, 0.05) is 5.33 Å². The van der Waals surface area contributed by atoms with Gasteiger partial charge < -0.3 is 4.74 Å². The van der Waals surface area contributed by atoms with Crippen molar-refractivity contribution in [1.82, 2.24) is 0 Å². The number of ether oxygens (including phenoxy) is 1. The quantitative estimate of drug-likeness (QED) is 0.625. The van der Waals surface area contributed by atoms with Crippen molar-refractivity contribution in [3.63, 3.8) is 0 Å². The monoisotopic (exact) mass is 267 g/mol. The molecule has 0 saturated heterocycles. The molecular formula is C11H10BrNO2. The number of alkyl halides is 1. The van der Waals surface area contributed by atoms with Crippen molar-refractivity contribution >= 4 is 21.9 Å². The van der Waals surface area contributed by atoms with Crippen LogP contribution in [-0.2, 0) is 10.1 Å². The number of carbonyl (C=O) groups is 1. The Morgan fingerprint density at radius 2 is 2.27 bits per heavy atom. The van der Waals surface area contributed by atoms with E-state index in [9.17, 15) is 4.79 Å². The van der Waals surface area contributed by atoms with E-state index in [2.05, 4.69) is 15.9 Å². The second-order valence-corrected chi connectivity index (χ2v) is 3.45. The summed E-state index contributed by atoms with van der Waals surface area (Å²) in [5.41, 5.74) is 1.78. The molecule has 0 N–H and O–H groups in total. The minimum atomic E-state index is -0.392. The van der Waals surface area contributed by atoms with Gasteiger partial charge in [0.25, 0.3) is 0 Å². The molecular weight excluding hydrogens is 258 g/mol. The third-order valence-electron chi connectivity index (χ3n) is 1.79. The van der Waals surface area contributed by atoms with E-state index in [4.69, 9.17) is 10.00 Å². The first kappa shape index (κ1) is 11.7. The Kier molecular flexibility index (Phi) is 4.32. The summed E-state index contributed by atoms with van der Waals surface area (Å²) in [6, 6.07) is 6.99. The number of benzene rings is 1. The lowest BCUT2D eigenvalue weighted by atomic mass is 10.1. The second kappa shape index (κ2) is 5.52. The highest BCUT2D eigenvalue weighted by Gasteiger charge is 2.08. The highest BCUT2D eigenvalue weighted by molar-refractivity contribution is 9.08. The topological polar surface area (TPSA) is 50.1 Å². The van der Waals surface area contributed by atoms with Crippen molar-refractivity contribution in [1.29, 1.82) is 5.26 Å². The van der Waals surface area contributed by atoms with Gasteiger partial charge in [0.1, 0.15) is 0 Å². The largest absolute Gasteiger partial charge is 0.462 e. The van der Waals surface area contributed by atoms with Crippen molar-refractivity contribution in [2.45, 2.75) is 12.3 Å². The van der Waals surface area contributed by atoms with Gasteiger partial charge in [-0.15, -0.1) is 0 Å². The first-order valence-electron chi connectivity index (χ1n) is 4.48. The fourth-order valence-electron chi connectivity index (χ4n) is 1.17. The van der Waals surface area contributed by atoms with E-state index in [0.717, 1.165) is 5.56 Å². The third kappa shape index (κ3) is 3.07. The number of hydrogen-bond donors (Lipinski definition) is 0. The number of halogens is 1. The fraction of sp³-hybridized carbons (Fsp3) is 0.273. The van der Waals surface area contributed by atoms with Crippen molar-refractivity contribution in [2.24, 2.45) is 0 Å². The van der Waals surface area contributed by atoms with E-state index >= 15 is 0 Å². The van der Waals surface area contributed by atoms with Gasteiger partial charge in [0.2, 0.25) is 0 Å². The van der Waals surface area contributed by atoms with Crippen molar-refractivity contribution in [3.8, 4) is 6.07 Å². The smallest absolute Gasteiger partial charge is 0.338 e. The molecule has 1 aromatic carbocycles. The highest BCUT2D eigenvalue weighted by atomic mass is 79.9. The van der Waals surface area contributed by atoms with Crippen LogP contribution in [0.1, 0.15) is 28.4 Å². The molecule has 0 spiro atoms. The van der Waals surface area contributed by atoms with Gasteiger partial charge in [-0.2, -0.15) is 5.26 Å². The number of nitrogens with zero attached hydrogens (tertiary/aromatic N) is 1. The molecule has 0 radical (unpaired) electrons. The van der Waals surface area contributed by atoms with Gasteiger partial charge in [-0.1, -0.05) is 15.9 Å².